The van der Waals surface area contributed by atoms with Gasteiger partial charge in [-0.05, 0) is 30.8 Å². The number of aliphatic hydroxyl groups is 1. The SMILES string of the molecule is CNC1c2ccccc2OCC1NC(O)[C@@H](C)c1ccc(F)cc1. The number of ether oxygens (including phenoxy) is 1. The topological polar surface area (TPSA) is 53.5 Å². The Bertz CT molecular complexity index is 677. The molecule has 4 atom stereocenters. The van der Waals surface area contributed by atoms with Gasteiger partial charge < -0.3 is 15.2 Å². The maximum Gasteiger partial charge on any atom is 0.124 e. The average Bonchev–Trinajstić information content (AvgIpc) is 2.61. The van der Waals surface area contributed by atoms with E-state index in [2.05, 4.69) is 10.6 Å². The predicted octanol–water partition coefficient (Wildman–Crippen LogP) is 2.56. The predicted molar refractivity (Wildman–Crippen MR) is 91.5 cm³/mol. The van der Waals surface area contributed by atoms with E-state index in [1.165, 1.54) is 12.1 Å². The highest BCUT2D eigenvalue weighted by atomic mass is 19.1. The molecule has 3 N–H and O–H groups in total. The van der Waals surface area contributed by atoms with Gasteiger partial charge in [0.1, 0.15) is 24.4 Å². The molecule has 2 aromatic carbocycles. The lowest BCUT2D eigenvalue weighted by molar-refractivity contribution is 0.0721. The first kappa shape index (κ1) is 16.9. The number of nitrogens with one attached hydrogen (secondary N) is 2. The summed E-state index contributed by atoms with van der Waals surface area (Å²) in [5.74, 6) is 0.428. The van der Waals surface area contributed by atoms with E-state index in [1.54, 1.807) is 12.1 Å². The maximum absolute atomic E-state index is 13.1. The van der Waals surface area contributed by atoms with Crippen LogP contribution in [0.1, 0.15) is 30.0 Å². The summed E-state index contributed by atoms with van der Waals surface area (Å²) in [5.41, 5.74) is 1.96. The highest BCUT2D eigenvalue weighted by Gasteiger charge is 2.32. The number of halogens is 1. The third-order valence-corrected chi connectivity index (χ3v) is 4.64. The second-order valence-corrected chi connectivity index (χ2v) is 6.17. The van der Waals surface area contributed by atoms with Crippen LogP contribution in [0.3, 0.4) is 0 Å². The number of para-hydroxylation sites is 1. The second-order valence-electron chi connectivity index (χ2n) is 6.17. The fraction of sp³-hybridized carbons (Fsp3) is 0.368. The van der Waals surface area contributed by atoms with Gasteiger partial charge in [-0.25, -0.2) is 4.39 Å². The van der Waals surface area contributed by atoms with Gasteiger partial charge in [0.2, 0.25) is 0 Å². The van der Waals surface area contributed by atoms with Crippen molar-refractivity contribution in [3.05, 3.63) is 65.5 Å². The molecule has 0 saturated carbocycles. The number of hydrogen-bond acceptors (Lipinski definition) is 4. The van der Waals surface area contributed by atoms with Gasteiger partial charge in [-0.1, -0.05) is 37.3 Å². The second kappa shape index (κ2) is 7.30. The zero-order valence-corrected chi connectivity index (χ0v) is 13.9. The molecular weight excluding hydrogens is 307 g/mol. The highest BCUT2D eigenvalue weighted by molar-refractivity contribution is 5.38. The molecule has 0 bridgehead atoms. The molecule has 5 heteroatoms. The third-order valence-electron chi connectivity index (χ3n) is 4.64. The van der Waals surface area contributed by atoms with Crippen LogP contribution in [0.4, 0.5) is 4.39 Å². The van der Waals surface area contributed by atoms with Crippen LogP contribution in [0.2, 0.25) is 0 Å². The minimum Gasteiger partial charge on any atom is -0.492 e. The number of hydrogen-bond donors (Lipinski definition) is 3. The molecule has 1 aliphatic heterocycles. The highest BCUT2D eigenvalue weighted by Crippen LogP contribution is 2.32. The van der Waals surface area contributed by atoms with Gasteiger partial charge in [0.05, 0.1) is 12.1 Å². The third kappa shape index (κ3) is 3.43. The summed E-state index contributed by atoms with van der Waals surface area (Å²) in [7, 11) is 1.90. The molecule has 1 aliphatic rings. The molecule has 0 radical (unpaired) electrons. The van der Waals surface area contributed by atoms with E-state index in [0.717, 1.165) is 16.9 Å². The van der Waals surface area contributed by atoms with Crippen molar-refractivity contribution in [2.24, 2.45) is 0 Å². The number of aliphatic hydroxyl groups excluding tert-OH is 1. The zero-order chi connectivity index (χ0) is 17.1. The fourth-order valence-electron chi connectivity index (χ4n) is 3.17. The van der Waals surface area contributed by atoms with Gasteiger partial charge in [-0.3, -0.25) is 5.32 Å². The number of rotatable bonds is 5. The molecule has 0 aromatic heterocycles. The van der Waals surface area contributed by atoms with E-state index in [9.17, 15) is 9.50 Å². The lowest BCUT2D eigenvalue weighted by Crippen LogP contribution is -2.52. The van der Waals surface area contributed by atoms with Crippen molar-refractivity contribution in [2.75, 3.05) is 13.7 Å². The Hall–Kier alpha value is -1.95. The van der Waals surface area contributed by atoms with Crippen LogP contribution < -0.4 is 15.4 Å². The van der Waals surface area contributed by atoms with Crippen molar-refractivity contribution in [1.29, 1.82) is 0 Å². The summed E-state index contributed by atoms with van der Waals surface area (Å²) in [5, 5.41) is 17.1. The van der Waals surface area contributed by atoms with Crippen molar-refractivity contribution < 1.29 is 14.2 Å². The molecule has 0 spiro atoms. The number of fused-ring (bicyclic) bond motifs is 1. The molecule has 2 aromatic rings. The Kier molecular flexibility index (Phi) is 5.14. The van der Waals surface area contributed by atoms with Crippen LogP contribution in [-0.4, -0.2) is 31.0 Å². The van der Waals surface area contributed by atoms with E-state index in [0.29, 0.717) is 6.61 Å². The summed E-state index contributed by atoms with van der Waals surface area (Å²) >= 11 is 0. The van der Waals surface area contributed by atoms with Crippen molar-refractivity contribution >= 4 is 0 Å². The first-order valence-corrected chi connectivity index (χ1v) is 8.18. The molecule has 0 aliphatic carbocycles. The average molecular weight is 330 g/mol. The Morgan fingerprint density at radius 3 is 2.58 bits per heavy atom. The van der Waals surface area contributed by atoms with E-state index >= 15 is 0 Å². The van der Waals surface area contributed by atoms with Crippen molar-refractivity contribution in [1.82, 2.24) is 10.6 Å². The molecule has 1 heterocycles. The van der Waals surface area contributed by atoms with E-state index < -0.39 is 6.23 Å². The van der Waals surface area contributed by atoms with Crippen molar-refractivity contribution in [2.45, 2.75) is 31.2 Å². The largest absolute Gasteiger partial charge is 0.492 e. The Morgan fingerprint density at radius 2 is 1.88 bits per heavy atom. The normalized spacial score (nSPS) is 22.3. The molecule has 3 unspecified atom stereocenters. The minimum atomic E-state index is -0.759. The first-order chi connectivity index (χ1) is 11.6. The minimum absolute atomic E-state index is 0.0463. The van der Waals surface area contributed by atoms with Crippen LogP contribution in [-0.2, 0) is 0 Å². The van der Waals surface area contributed by atoms with Crippen LogP contribution in [0.25, 0.3) is 0 Å². The fourth-order valence-corrected chi connectivity index (χ4v) is 3.17. The van der Waals surface area contributed by atoms with Gasteiger partial charge in [0, 0.05) is 11.5 Å². The summed E-state index contributed by atoms with van der Waals surface area (Å²) in [6, 6.07) is 14.1. The van der Waals surface area contributed by atoms with Crippen molar-refractivity contribution in [3.8, 4) is 5.75 Å². The molecule has 3 rings (SSSR count). The van der Waals surface area contributed by atoms with Gasteiger partial charge in [0.15, 0.2) is 0 Å². The Morgan fingerprint density at radius 1 is 1.17 bits per heavy atom. The first-order valence-electron chi connectivity index (χ1n) is 8.18. The maximum atomic E-state index is 13.1. The molecular formula is C19H23FN2O2. The molecule has 4 nitrogen and oxygen atoms in total. The lowest BCUT2D eigenvalue weighted by Gasteiger charge is -2.36. The van der Waals surface area contributed by atoms with Crippen molar-refractivity contribution in [3.63, 3.8) is 0 Å². The van der Waals surface area contributed by atoms with Gasteiger partial charge in [-0.15, -0.1) is 0 Å². The molecule has 24 heavy (non-hydrogen) atoms. The smallest absolute Gasteiger partial charge is 0.124 e. The van der Waals surface area contributed by atoms with Gasteiger partial charge >= 0.3 is 0 Å². The number of likely N-dealkylation sites (N-methyl/N-ethyl adjacent to an activating group) is 1. The quantitative estimate of drug-likeness (QED) is 0.738. The van der Waals surface area contributed by atoms with Crippen LogP contribution in [0, 0.1) is 5.82 Å². The van der Waals surface area contributed by atoms with Gasteiger partial charge in [0.25, 0.3) is 0 Å². The molecule has 128 valence electrons. The molecule has 0 amide bonds. The van der Waals surface area contributed by atoms with Gasteiger partial charge in [-0.2, -0.15) is 0 Å². The lowest BCUT2D eigenvalue weighted by atomic mass is 9.94. The standard InChI is InChI=1S/C19H23FN2O2/c1-12(13-7-9-14(20)10-8-13)19(23)22-16-11-24-17-6-4-3-5-15(17)18(16)21-2/h3-10,12,16,18-19,21-23H,11H2,1-2H3/t12-,16?,18?,19?/m0/s1. The summed E-state index contributed by atoms with van der Waals surface area (Å²) in [6.07, 6.45) is -0.759. The Balaban J connectivity index is 1.72. The number of benzene rings is 2. The molecule has 0 fully saturated rings. The molecule has 0 saturated heterocycles. The summed E-state index contributed by atoms with van der Waals surface area (Å²) in [4.78, 5) is 0. The van der Waals surface area contributed by atoms with E-state index in [1.807, 2.05) is 38.2 Å². The van der Waals surface area contributed by atoms with E-state index in [-0.39, 0.29) is 23.8 Å². The summed E-state index contributed by atoms with van der Waals surface area (Å²) in [6.45, 7) is 2.38. The zero-order valence-electron chi connectivity index (χ0n) is 13.9. The monoisotopic (exact) mass is 330 g/mol. The van der Waals surface area contributed by atoms with Crippen LogP contribution in [0.5, 0.6) is 5.75 Å². The Labute approximate surface area is 141 Å². The van der Waals surface area contributed by atoms with Crippen LogP contribution >= 0.6 is 0 Å². The van der Waals surface area contributed by atoms with Crippen LogP contribution in [0.15, 0.2) is 48.5 Å². The summed E-state index contributed by atoms with van der Waals surface area (Å²) < 4.78 is 18.9. The van der Waals surface area contributed by atoms with E-state index in [4.69, 9.17) is 4.74 Å².